The van der Waals surface area contributed by atoms with Gasteiger partial charge in [0.05, 0.1) is 12.5 Å². The van der Waals surface area contributed by atoms with Gasteiger partial charge in [-0.15, -0.1) is 0 Å². The third-order valence-corrected chi connectivity index (χ3v) is 4.07. The second-order valence-electron chi connectivity index (χ2n) is 5.48. The zero-order chi connectivity index (χ0) is 14.7. The number of hydrogen-bond donors (Lipinski definition) is 2. The zero-order valence-electron chi connectivity index (χ0n) is 12.2. The molecule has 108 valence electrons. The van der Waals surface area contributed by atoms with Gasteiger partial charge in [-0.1, -0.05) is 36.4 Å². The Morgan fingerprint density at radius 1 is 1.14 bits per heavy atom. The van der Waals surface area contributed by atoms with Crippen LogP contribution in [-0.2, 0) is 17.6 Å². The van der Waals surface area contributed by atoms with Crippen LogP contribution >= 0.6 is 0 Å². The molecule has 1 amide bonds. The number of nitrogens with one attached hydrogen (secondary N) is 2. The molecule has 1 unspecified atom stereocenters. The Morgan fingerprint density at radius 3 is 2.67 bits per heavy atom. The van der Waals surface area contributed by atoms with Gasteiger partial charge in [0.2, 0.25) is 5.91 Å². The van der Waals surface area contributed by atoms with Crippen LogP contribution in [-0.4, -0.2) is 13.0 Å². The highest BCUT2D eigenvalue weighted by Crippen LogP contribution is 2.33. The molecule has 2 N–H and O–H groups in total. The van der Waals surface area contributed by atoms with Crippen LogP contribution in [0.2, 0.25) is 0 Å². The molecule has 1 aliphatic carbocycles. The maximum atomic E-state index is 11.4. The average Bonchev–Trinajstić information content (AvgIpc) is 2.92. The highest BCUT2D eigenvalue weighted by Gasteiger charge is 2.21. The number of fused-ring (bicyclic) bond motifs is 1. The van der Waals surface area contributed by atoms with Crippen molar-refractivity contribution in [2.45, 2.75) is 25.3 Å². The van der Waals surface area contributed by atoms with Crippen LogP contribution in [0.4, 0.5) is 5.69 Å². The number of aryl methyl sites for hydroxylation is 1. The Morgan fingerprint density at radius 2 is 1.90 bits per heavy atom. The number of amides is 1. The molecule has 0 aromatic heterocycles. The number of benzene rings is 2. The van der Waals surface area contributed by atoms with Gasteiger partial charge in [0.15, 0.2) is 0 Å². The second-order valence-corrected chi connectivity index (χ2v) is 5.48. The zero-order valence-corrected chi connectivity index (χ0v) is 12.2. The van der Waals surface area contributed by atoms with Gasteiger partial charge >= 0.3 is 0 Å². The SMILES string of the molecule is CNC(=O)Cc1ccc(NC2CCc3ccccc32)cc1. The summed E-state index contributed by atoms with van der Waals surface area (Å²) in [5.41, 5.74) is 5.00. The fourth-order valence-corrected chi connectivity index (χ4v) is 2.90. The summed E-state index contributed by atoms with van der Waals surface area (Å²) in [5.74, 6) is 0.0421. The molecule has 0 aliphatic heterocycles. The topological polar surface area (TPSA) is 41.1 Å². The number of carbonyl (C=O) groups excluding carboxylic acids is 1. The van der Waals surface area contributed by atoms with Gasteiger partial charge in [-0.05, 0) is 41.7 Å². The number of hydrogen-bond acceptors (Lipinski definition) is 2. The third kappa shape index (κ3) is 3.07. The van der Waals surface area contributed by atoms with E-state index in [0.29, 0.717) is 12.5 Å². The van der Waals surface area contributed by atoms with Crippen molar-refractivity contribution >= 4 is 11.6 Å². The predicted octanol–water partition coefficient (Wildman–Crippen LogP) is 3.07. The number of carbonyl (C=O) groups is 1. The smallest absolute Gasteiger partial charge is 0.224 e. The molecule has 1 atom stereocenters. The van der Waals surface area contributed by atoms with Crippen molar-refractivity contribution in [3.05, 3.63) is 65.2 Å². The molecular formula is C18H20N2O. The molecule has 1 aliphatic rings. The molecule has 3 heteroatoms. The lowest BCUT2D eigenvalue weighted by atomic mass is 10.1. The van der Waals surface area contributed by atoms with Crippen molar-refractivity contribution in [2.75, 3.05) is 12.4 Å². The molecule has 0 heterocycles. The fraction of sp³-hybridized carbons (Fsp3) is 0.278. The number of anilines is 1. The van der Waals surface area contributed by atoms with Crippen molar-refractivity contribution in [3.63, 3.8) is 0 Å². The van der Waals surface area contributed by atoms with Gasteiger partial charge in [-0.25, -0.2) is 0 Å². The molecule has 0 saturated carbocycles. The van der Waals surface area contributed by atoms with Gasteiger partial charge in [-0.2, -0.15) is 0 Å². The molecule has 2 aromatic rings. The quantitative estimate of drug-likeness (QED) is 0.903. The molecule has 0 fully saturated rings. The van der Waals surface area contributed by atoms with Crippen LogP contribution in [0.1, 0.15) is 29.2 Å². The molecule has 0 saturated heterocycles. The van der Waals surface area contributed by atoms with Crippen LogP contribution in [0.3, 0.4) is 0 Å². The molecule has 2 aromatic carbocycles. The van der Waals surface area contributed by atoms with E-state index in [2.05, 4.69) is 47.0 Å². The van der Waals surface area contributed by atoms with E-state index < -0.39 is 0 Å². The molecule has 21 heavy (non-hydrogen) atoms. The highest BCUT2D eigenvalue weighted by atomic mass is 16.1. The molecule has 0 radical (unpaired) electrons. The first kappa shape index (κ1) is 13.7. The lowest BCUT2D eigenvalue weighted by Gasteiger charge is -2.16. The van der Waals surface area contributed by atoms with Gasteiger partial charge in [-0.3, -0.25) is 4.79 Å². The van der Waals surface area contributed by atoms with E-state index in [9.17, 15) is 4.79 Å². The van der Waals surface area contributed by atoms with Crippen molar-refractivity contribution in [3.8, 4) is 0 Å². The first-order valence-electron chi connectivity index (χ1n) is 7.40. The maximum Gasteiger partial charge on any atom is 0.224 e. The summed E-state index contributed by atoms with van der Waals surface area (Å²) in [6, 6.07) is 17.2. The summed E-state index contributed by atoms with van der Waals surface area (Å²) < 4.78 is 0. The van der Waals surface area contributed by atoms with Crippen LogP contribution in [0, 0.1) is 0 Å². The van der Waals surface area contributed by atoms with E-state index in [0.717, 1.165) is 24.1 Å². The summed E-state index contributed by atoms with van der Waals surface area (Å²) in [7, 11) is 1.66. The highest BCUT2D eigenvalue weighted by molar-refractivity contribution is 5.78. The molecule has 3 rings (SSSR count). The molecule has 0 spiro atoms. The lowest BCUT2D eigenvalue weighted by Crippen LogP contribution is -2.19. The minimum atomic E-state index is 0.0421. The van der Waals surface area contributed by atoms with E-state index in [1.807, 2.05) is 12.1 Å². The first-order valence-corrected chi connectivity index (χ1v) is 7.40. The molecule has 0 bridgehead atoms. The number of rotatable bonds is 4. The Labute approximate surface area is 125 Å². The second kappa shape index (κ2) is 6.00. The maximum absolute atomic E-state index is 11.4. The van der Waals surface area contributed by atoms with Gasteiger partial charge in [0.25, 0.3) is 0 Å². The molecular weight excluding hydrogens is 260 g/mol. The van der Waals surface area contributed by atoms with Crippen molar-refractivity contribution in [1.82, 2.24) is 5.32 Å². The van der Waals surface area contributed by atoms with Gasteiger partial charge < -0.3 is 10.6 Å². The summed E-state index contributed by atoms with van der Waals surface area (Å²) in [4.78, 5) is 11.4. The van der Waals surface area contributed by atoms with Crippen LogP contribution < -0.4 is 10.6 Å². The van der Waals surface area contributed by atoms with E-state index in [1.54, 1.807) is 7.05 Å². The minimum Gasteiger partial charge on any atom is -0.378 e. The Balaban J connectivity index is 1.68. The Kier molecular flexibility index (Phi) is 3.91. The summed E-state index contributed by atoms with van der Waals surface area (Å²) in [6.45, 7) is 0. The minimum absolute atomic E-state index is 0.0421. The monoisotopic (exact) mass is 280 g/mol. The lowest BCUT2D eigenvalue weighted by molar-refractivity contribution is -0.119. The van der Waals surface area contributed by atoms with Gasteiger partial charge in [0, 0.05) is 12.7 Å². The van der Waals surface area contributed by atoms with Crippen LogP contribution in [0.15, 0.2) is 48.5 Å². The predicted molar refractivity (Wildman–Crippen MR) is 85.3 cm³/mol. The van der Waals surface area contributed by atoms with Crippen LogP contribution in [0.25, 0.3) is 0 Å². The Bertz CT molecular complexity index is 634. The average molecular weight is 280 g/mol. The first-order chi connectivity index (χ1) is 10.3. The summed E-state index contributed by atoms with van der Waals surface area (Å²) in [6.07, 6.45) is 2.71. The van der Waals surface area contributed by atoms with Crippen LogP contribution in [0.5, 0.6) is 0 Å². The van der Waals surface area contributed by atoms with Crippen molar-refractivity contribution < 1.29 is 4.79 Å². The van der Waals surface area contributed by atoms with E-state index in [-0.39, 0.29) is 5.91 Å². The standard InChI is InChI=1S/C18H20N2O/c1-19-18(21)12-13-6-9-15(10-7-13)20-17-11-8-14-4-2-3-5-16(14)17/h2-7,9-10,17,20H,8,11-12H2,1H3,(H,19,21). The van der Waals surface area contributed by atoms with E-state index >= 15 is 0 Å². The largest absolute Gasteiger partial charge is 0.378 e. The van der Waals surface area contributed by atoms with Gasteiger partial charge in [0.1, 0.15) is 0 Å². The fourth-order valence-electron chi connectivity index (χ4n) is 2.90. The molecule has 3 nitrogen and oxygen atoms in total. The Hall–Kier alpha value is -2.29. The third-order valence-electron chi connectivity index (χ3n) is 4.07. The van der Waals surface area contributed by atoms with Crippen molar-refractivity contribution in [1.29, 1.82) is 0 Å². The van der Waals surface area contributed by atoms with Crippen molar-refractivity contribution in [2.24, 2.45) is 0 Å². The van der Waals surface area contributed by atoms with E-state index in [4.69, 9.17) is 0 Å². The number of likely N-dealkylation sites (N-methyl/N-ethyl adjacent to an activating group) is 1. The summed E-state index contributed by atoms with van der Waals surface area (Å²) in [5, 5.41) is 6.23. The normalized spacial score (nSPS) is 16.3. The van der Waals surface area contributed by atoms with E-state index in [1.165, 1.54) is 11.1 Å². The summed E-state index contributed by atoms with van der Waals surface area (Å²) >= 11 is 0.